The van der Waals surface area contributed by atoms with Crippen LogP contribution >= 0.6 is 22.9 Å². The SMILES string of the molecule is O=C(O)c1cc(NCc2ccc(Cl)s2)c2ccccc2n1. The van der Waals surface area contributed by atoms with E-state index >= 15 is 0 Å². The number of carboxylic acid groups (broad SMARTS) is 1. The molecule has 0 atom stereocenters. The van der Waals surface area contributed by atoms with Gasteiger partial charge in [0.2, 0.25) is 0 Å². The van der Waals surface area contributed by atoms with Crippen molar-refractivity contribution in [1.29, 1.82) is 0 Å². The average Bonchev–Trinajstić information content (AvgIpc) is 2.90. The first kappa shape index (κ1) is 13.9. The number of hydrogen-bond acceptors (Lipinski definition) is 4. The second-order valence-electron chi connectivity index (χ2n) is 4.44. The fraction of sp³-hybridized carbons (Fsp3) is 0.0667. The highest BCUT2D eigenvalue weighted by Gasteiger charge is 2.10. The highest BCUT2D eigenvalue weighted by Crippen LogP contribution is 2.26. The first-order valence-electron chi connectivity index (χ1n) is 6.24. The number of nitrogens with zero attached hydrogens (tertiary/aromatic N) is 1. The molecule has 1 aromatic carbocycles. The van der Waals surface area contributed by atoms with E-state index in [9.17, 15) is 4.79 Å². The standard InChI is InChI=1S/C15H11ClN2O2S/c16-14-6-5-9(21-14)8-17-12-7-13(15(19)20)18-11-4-2-1-3-10(11)12/h1-7H,8H2,(H,17,18)(H,19,20). The quantitative estimate of drug-likeness (QED) is 0.754. The van der Waals surface area contributed by atoms with Crippen molar-refractivity contribution >= 4 is 45.5 Å². The highest BCUT2D eigenvalue weighted by atomic mass is 35.5. The summed E-state index contributed by atoms with van der Waals surface area (Å²) >= 11 is 7.40. The number of halogens is 1. The molecule has 2 N–H and O–H groups in total. The van der Waals surface area contributed by atoms with Gasteiger partial charge < -0.3 is 10.4 Å². The third-order valence-electron chi connectivity index (χ3n) is 3.02. The zero-order valence-electron chi connectivity index (χ0n) is 10.8. The molecule has 0 radical (unpaired) electrons. The van der Waals surface area contributed by atoms with Crippen molar-refractivity contribution in [3.05, 3.63) is 57.4 Å². The van der Waals surface area contributed by atoms with Crippen LogP contribution in [-0.2, 0) is 6.54 Å². The molecule has 0 amide bonds. The van der Waals surface area contributed by atoms with Crippen molar-refractivity contribution in [2.75, 3.05) is 5.32 Å². The number of nitrogens with one attached hydrogen (secondary N) is 1. The van der Waals surface area contributed by atoms with Crippen molar-refractivity contribution in [1.82, 2.24) is 4.98 Å². The number of fused-ring (bicyclic) bond motifs is 1. The van der Waals surface area contributed by atoms with Crippen LogP contribution in [-0.4, -0.2) is 16.1 Å². The number of aromatic carboxylic acids is 1. The Kier molecular flexibility index (Phi) is 3.77. The van der Waals surface area contributed by atoms with Gasteiger partial charge in [-0.2, -0.15) is 0 Å². The molecule has 3 aromatic rings. The molecular weight excluding hydrogens is 308 g/mol. The summed E-state index contributed by atoms with van der Waals surface area (Å²) in [6.07, 6.45) is 0. The predicted molar refractivity (Wildman–Crippen MR) is 85.4 cm³/mol. The molecule has 4 nitrogen and oxygen atoms in total. The topological polar surface area (TPSA) is 62.2 Å². The maximum Gasteiger partial charge on any atom is 0.354 e. The smallest absolute Gasteiger partial charge is 0.354 e. The first-order valence-corrected chi connectivity index (χ1v) is 7.44. The number of hydrogen-bond donors (Lipinski definition) is 2. The van der Waals surface area contributed by atoms with Crippen LogP contribution in [0, 0.1) is 0 Å². The molecule has 0 saturated carbocycles. The minimum atomic E-state index is -1.04. The second kappa shape index (κ2) is 5.71. The van der Waals surface area contributed by atoms with Crippen LogP contribution in [0.2, 0.25) is 4.34 Å². The number of thiophene rings is 1. The van der Waals surface area contributed by atoms with E-state index in [1.54, 1.807) is 12.1 Å². The summed E-state index contributed by atoms with van der Waals surface area (Å²) < 4.78 is 0.734. The van der Waals surface area contributed by atoms with Gasteiger partial charge in [0, 0.05) is 22.5 Å². The van der Waals surface area contributed by atoms with Gasteiger partial charge in [-0.3, -0.25) is 0 Å². The van der Waals surface area contributed by atoms with Crippen molar-refractivity contribution in [3.63, 3.8) is 0 Å². The molecule has 106 valence electrons. The lowest BCUT2D eigenvalue weighted by molar-refractivity contribution is 0.0691. The van der Waals surface area contributed by atoms with Crippen LogP contribution in [0.1, 0.15) is 15.4 Å². The molecule has 6 heteroatoms. The summed E-state index contributed by atoms with van der Waals surface area (Å²) in [5.74, 6) is -1.04. The normalized spacial score (nSPS) is 10.7. The molecule has 0 aliphatic carbocycles. The molecular formula is C15H11ClN2O2S. The third-order valence-corrected chi connectivity index (χ3v) is 4.25. The van der Waals surface area contributed by atoms with Crippen LogP contribution < -0.4 is 5.32 Å². The third kappa shape index (κ3) is 2.99. The highest BCUT2D eigenvalue weighted by molar-refractivity contribution is 7.16. The van der Waals surface area contributed by atoms with Gasteiger partial charge in [-0.15, -0.1) is 11.3 Å². The van der Waals surface area contributed by atoms with E-state index in [1.165, 1.54) is 11.3 Å². The number of aromatic nitrogens is 1. The summed E-state index contributed by atoms with van der Waals surface area (Å²) in [7, 11) is 0. The fourth-order valence-corrected chi connectivity index (χ4v) is 3.09. The van der Waals surface area contributed by atoms with Crippen LogP contribution in [0.15, 0.2) is 42.5 Å². The lowest BCUT2D eigenvalue weighted by atomic mass is 10.1. The Morgan fingerprint density at radius 1 is 1.29 bits per heavy atom. The van der Waals surface area contributed by atoms with E-state index in [2.05, 4.69) is 10.3 Å². The van der Waals surface area contributed by atoms with Crippen LogP contribution in [0.25, 0.3) is 10.9 Å². The Morgan fingerprint density at radius 2 is 2.10 bits per heavy atom. The Bertz CT molecular complexity index is 816. The number of rotatable bonds is 4. The van der Waals surface area contributed by atoms with Crippen LogP contribution in [0.4, 0.5) is 5.69 Å². The number of benzene rings is 1. The lowest BCUT2D eigenvalue weighted by Crippen LogP contribution is -2.04. The molecule has 3 rings (SSSR count). The molecule has 0 aliphatic rings. The molecule has 21 heavy (non-hydrogen) atoms. The predicted octanol–water partition coefficient (Wildman–Crippen LogP) is 4.26. The maximum absolute atomic E-state index is 11.2. The summed E-state index contributed by atoms with van der Waals surface area (Å²) in [4.78, 5) is 16.4. The average molecular weight is 319 g/mol. The summed E-state index contributed by atoms with van der Waals surface area (Å²) in [6.45, 7) is 0.588. The number of pyridine rings is 1. The second-order valence-corrected chi connectivity index (χ2v) is 6.24. The van der Waals surface area contributed by atoms with Gasteiger partial charge in [-0.25, -0.2) is 9.78 Å². The Labute approximate surface area is 130 Å². The monoisotopic (exact) mass is 318 g/mol. The zero-order valence-corrected chi connectivity index (χ0v) is 12.4. The largest absolute Gasteiger partial charge is 0.477 e. The molecule has 0 saturated heterocycles. The first-order chi connectivity index (χ1) is 10.1. The van der Waals surface area contributed by atoms with E-state index in [4.69, 9.17) is 16.7 Å². The summed E-state index contributed by atoms with van der Waals surface area (Å²) in [6, 6.07) is 12.8. The van der Waals surface area contributed by atoms with E-state index in [0.29, 0.717) is 12.1 Å². The van der Waals surface area contributed by atoms with Gasteiger partial charge in [0.25, 0.3) is 0 Å². The number of anilines is 1. The summed E-state index contributed by atoms with van der Waals surface area (Å²) in [5.41, 5.74) is 1.44. The van der Waals surface area contributed by atoms with Crippen molar-refractivity contribution in [2.45, 2.75) is 6.54 Å². The zero-order chi connectivity index (χ0) is 14.8. The molecule has 0 fully saturated rings. The van der Waals surface area contributed by atoms with Crippen LogP contribution in [0.3, 0.4) is 0 Å². The molecule has 0 bridgehead atoms. The van der Waals surface area contributed by atoms with Gasteiger partial charge >= 0.3 is 5.97 Å². The molecule has 2 heterocycles. The van der Waals surface area contributed by atoms with E-state index in [0.717, 1.165) is 20.3 Å². The number of carboxylic acids is 1. The van der Waals surface area contributed by atoms with E-state index in [1.807, 2.05) is 30.3 Å². The number of para-hydroxylation sites is 1. The number of carbonyl (C=O) groups is 1. The van der Waals surface area contributed by atoms with Crippen molar-refractivity contribution < 1.29 is 9.90 Å². The molecule has 0 unspecified atom stereocenters. The maximum atomic E-state index is 11.2. The Hall–Kier alpha value is -2.11. The molecule has 0 aliphatic heterocycles. The van der Waals surface area contributed by atoms with Gasteiger partial charge in [-0.1, -0.05) is 29.8 Å². The van der Waals surface area contributed by atoms with Crippen molar-refractivity contribution in [3.8, 4) is 0 Å². The van der Waals surface area contributed by atoms with E-state index in [-0.39, 0.29) is 5.69 Å². The van der Waals surface area contributed by atoms with Gasteiger partial charge in [0.05, 0.1) is 9.85 Å². The van der Waals surface area contributed by atoms with Crippen LogP contribution in [0.5, 0.6) is 0 Å². The van der Waals surface area contributed by atoms with Gasteiger partial charge in [0.15, 0.2) is 5.69 Å². The Balaban J connectivity index is 1.97. The molecule has 2 aromatic heterocycles. The van der Waals surface area contributed by atoms with Gasteiger partial charge in [-0.05, 0) is 24.3 Å². The minimum Gasteiger partial charge on any atom is -0.477 e. The Morgan fingerprint density at radius 3 is 2.81 bits per heavy atom. The van der Waals surface area contributed by atoms with Gasteiger partial charge in [0.1, 0.15) is 0 Å². The van der Waals surface area contributed by atoms with E-state index < -0.39 is 5.97 Å². The summed E-state index contributed by atoms with van der Waals surface area (Å²) in [5, 5.41) is 13.3. The minimum absolute atomic E-state index is 0.0282. The van der Waals surface area contributed by atoms with Crippen molar-refractivity contribution in [2.24, 2.45) is 0 Å². The fourth-order valence-electron chi connectivity index (χ4n) is 2.06. The molecule has 0 spiro atoms. The lowest BCUT2D eigenvalue weighted by Gasteiger charge is -2.10.